The maximum Gasteiger partial charge on any atom is 0.306 e. The second kappa shape index (κ2) is 45.8. The molecule has 310 valence electrons. The van der Waals surface area contributed by atoms with Gasteiger partial charge in [-0.2, -0.15) is 0 Å². The highest BCUT2D eigenvalue weighted by Crippen LogP contribution is 2.18. The lowest BCUT2D eigenvalue weighted by Crippen LogP contribution is -2.18. The highest BCUT2D eigenvalue weighted by Gasteiger charge is 2.14. The van der Waals surface area contributed by atoms with Crippen molar-refractivity contribution in [2.75, 3.05) is 13.1 Å². The minimum atomic E-state index is -0.0127. The van der Waals surface area contributed by atoms with Gasteiger partial charge >= 0.3 is 11.9 Å². The Morgan fingerprint density at radius 2 is 0.769 bits per heavy atom. The number of hydrogen-bond acceptors (Lipinski definition) is 5. The van der Waals surface area contributed by atoms with Crippen molar-refractivity contribution in [1.29, 1.82) is 0 Å². The fourth-order valence-electron chi connectivity index (χ4n) is 6.59. The molecule has 52 heavy (non-hydrogen) atoms. The summed E-state index contributed by atoms with van der Waals surface area (Å²) in [6, 6.07) is 0. The van der Waals surface area contributed by atoms with Gasteiger partial charge in [0.25, 0.3) is 0 Å². The number of carbonyl (C=O) groups is 2. The average molecular weight is 736 g/mol. The van der Waals surface area contributed by atoms with Crippen molar-refractivity contribution in [2.24, 2.45) is 0 Å². The Kier molecular flexibility index (Phi) is 46.5. The van der Waals surface area contributed by atoms with Crippen LogP contribution in [0.5, 0.6) is 0 Å². The second-order valence-electron chi connectivity index (χ2n) is 15.5. The molecule has 0 aliphatic heterocycles. The van der Waals surface area contributed by atoms with E-state index in [1.807, 2.05) is 32.9 Å². The van der Waals surface area contributed by atoms with Crippen LogP contribution in [-0.4, -0.2) is 37.2 Å². The molecule has 0 saturated heterocycles. The normalized spacial score (nSPS) is 11.9. The van der Waals surface area contributed by atoms with Crippen LogP contribution in [0.1, 0.15) is 253 Å². The second-order valence-corrected chi connectivity index (χ2v) is 15.5. The van der Waals surface area contributed by atoms with Gasteiger partial charge in [0.2, 0.25) is 0 Å². The summed E-state index contributed by atoms with van der Waals surface area (Å²) in [5.41, 5.74) is 0. The van der Waals surface area contributed by atoms with Gasteiger partial charge in [-0.25, -0.2) is 0 Å². The number of ether oxygens (including phenoxy) is 2. The van der Waals surface area contributed by atoms with Gasteiger partial charge in [0, 0.05) is 12.8 Å². The van der Waals surface area contributed by atoms with Crippen LogP contribution < -0.4 is 5.32 Å². The molecule has 5 heteroatoms. The van der Waals surface area contributed by atoms with Gasteiger partial charge in [-0.05, 0) is 98.1 Å². The number of carbonyl (C=O) groups excluding carboxylic acids is 2. The molecule has 0 fully saturated rings. The van der Waals surface area contributed by atoms with E-state index in [1.165, 1.54) is 154 Å². The van der Waals surface area contributed by atoms with Crippen molar-refractivity contribution in [3.63, 3.8) is 0 Å². The van der Waals surface area contributed by atoms with Crippen LogP contribution in [-0.2, 0) is 19.1 Å². The van der Waals surface area contributed by atoms with Crippen molar-refractivity contribution in [3.8, 4) is 0 Å². The van der Waals surface area contributed by atoms with E-state index in [0.29, 0.717) is 12.8 Å². The smallest absolute Gasteiger partial charge is 0.306 e. The molecule has 0 heterocycles. The minimum absolute atomic E-state index is 0.0127. The van der Waals surface area contributed by atoms with E-state index in [2.05, 4.69) is 26.1 Å². The van der Waals surface area contributed by atoms with Gasteiger partial charge in [0.1, 0.15) is 6.10 Å². The molecule has 0 aromatic heterocycles. The van der Waals surface area contributed by atoms with Crippen molar-refractivity contribution in [1.82, 2.24) is 5.32 Å². The molecular formula is C47H93NO4. The van der Waals surface area contributed by atoms with Crippen LogP contribution >= 0.6 is 0 Å². The highest BCUT2D eigenvalue weighted by molar-refractivity contribution is 5.69. The Hall–Kier alpha value is -1.36. The topological polar surface area (TPSA) is 64.6 Å². The van der Waals surface area contributed by atoms with Crippen LogP contribution in [0.4, 0.5) is 0 Å². The molecule has 1 atom stereocenters. The maximum atomic E-state index is 12.6. The van der Waals surface area contributed by atoms with Crippen molar-refractivity contribution < 1.29 is 19.1 Å². The highest BCUT2D eigenvalue weighted by atomic mass is 16.5. The molecule has 0 aromatic carbocycles. The molecule has 5 nitrogen and oxygen atoms in total. The lowest BCUT2D eigenvalue weighted by Gasteiger charge is -2.18. The lowest BCUT2D eigenvalue weighted by molar-refractivity contribution is -0.150. The molecular weight excluding hydrogens is 643 g/mol. The van der Waals surface area contributed by atoms with Gasteiger partial charge in [-0.1, -0.05) is 168 Å². The Bertz CT molecular complexity index is 719. The number of rotatable bonds is 39. The first kappa shape index (κ1) is 52.7. The van der Waals surface area contributed by atoms with Crippen LogP contribution in [0.3, 0.4) is 0 Å². The van der Waals surface area contributed by atoms with Gasteiger partial charge in [-0.3, -0.25) is 9.59 Å². The number of unbranched alkanes of at least 4 members (excludes halogenated alkanes) is 23. The fraction of sp³-hybridized carbons (Fsp3) is 0.915. The molecule has 1 unspecified atom stereocenters. The van der Waals surface area contributed by atoms with Gasteiger partial charge < -0.3 is 14.8 Å². The van der Waals surface area contributed by atoms with Crippen LogP contribution in [0.15, 0.2) is 12.2 Å². The Balaban J connectivity index is 0. The number of esters is 2. The minimum Gasteiger partial charge on any atom is -0.463 e. The number of allylic oxidation sites excluding steroid dienone is 2. The lowest BCUT2D eigenvalue weighted by atomic mass is 10.0. The van der Waals surface area contributed by atoms with Crippen LogP contribution in [0.2, 0.25) is 0 Å². The third-order valence-corrected chi connectivity index (χ3v) is 10.2. The SMILES string of the molecule is CC=CC.CCCCCCCCC(C)OC(=O)CCCCCCCNCCCCCCCC(=O)OC(CCCCCCCC)CCCCCCCC. The zero-order valence-electron chi connectivity index (χ0n) is 36.2. The predicted molar refractivity (Wildman–Crippen MR) is 228 cm³/mol. The van der Waals surface area contributed by atoms with E-state index < -0.39 is 0 Å². The summed E-state index contributed by atoms with van der Waals surface area (Å²) in [4.78, 5) is 24.7. The van der Waals surface area contributed by atoms with E-state index in [-0.39, 0.29) is 24.1 Å². The largest absolute Gasteiger partial charge is 0.463 e. The van der Waals surface area contributed by atoms with E-state index >= 15 is 0 Å². The summed E-state index contributed by atoms with van der Waals surface area (Å²) >= 11 is 0. The van der Waals surface area contributed by atoms with E-state index in [4.69, 9.17) is 9.47 Å². The standard InChI is InChI=1S/C43H85NO4.C4H8/c1-5-8-11-14-19-26-33-40(4)47-42(45)36-29-22-17-24-31-38-44-39-32-25-18-23-30-37-43(46)48-41(34-27-20-15-12-9-6-2)35-28-21-16-13-10-7-3;1-3-4-2/h40-41,44H,5-39H2,1-4H3;3-4H,1-2H3. The molecule has 0 radical (unpaired) electrons. The van der Waals surface area contributed by atoms with Gasteiger partial charge in [0.05, 0.1) is 6.10 Å². The molecule has 1 N–H and O–H groups in total. The first-order valence-electron chi connectivity index (χ1n) is 23.1. The molecule has 0 aliphatic carbocycles. The predicted octanol–water partition coefficient (Wildman–Crippen LogP) is 14.9. The monoisotopic (exact) mass is 736 g/mol. The summed E-state index contributed by atoms with van der Waals surface area (Å²) in [6.07, 6.45) is 43.1. The zero-order chi connectivity index (χ0) is 38.6. The molecule has 0 amide bonds. The van der Waals surface area contributed by atoms with Crippen molar-refractivity contribution in [3.05, 3.63) is 12.2 Å². The summed E-state index contributed by atoms with van der Waals surface area (Å²) < 4.78 is 11.6. The first-order valence-corrected chi connectivity index (χ1v) is 23.1. The van der Waals surface area contributed by atoms with E-state index in [1.54, 1.807) is 0 Å². The average Bonchev–Trinajstić information content (AvgIpc) is 3.14. The van der Waals surface area contributed by atoms with Crippen LogP contribution in [0.25, 0.3) is 0 Å². The van der Waals surface area contributed by atoms with E-state index in [9.17, 15) is 9.59 Å². The molecule has 0 rings (SSSR count). The summed E-state index contributed by atoms with van der Waals surface area (Å²) in [7, 11) is 0. The first-order chi connectivity index (χ1) is 25.4. The number of nitrogens with one attached hydrogen (secondary N) is 1. The molecule has 0 aliphatic rings. The Labute approximate surface area is 326 Å². The quantitative estimate of drug-likeness (QED) is 0.0387. The molecule has 0 saturated carbocycles. The van der Waals surface area contributed by atoms with Gasteiger partial charge in [-0.15, -0.1) is 0 Å². The third kappa shape index (κ3) is 44.8. The Morgan fingerprint density at radius 3 is 1.17 bits per heavy atom. The summed E-state index contributed by atoms with van der Waals surface area (Å²) in [6.45, 7) is 15.0. The maximum absolute atomic E-state index is 12.6. The van der Waals surface area contributed by atoms with Crippen molar-refractivity contribution in [2.45, 2.75) is 266 Å². The summed E-state index contributed by atoms with van der Waals surface area (Å²) in [5.74, 6) is 0.0216. The van der Waals surface area contributed by atoms with Crippen molar-refractivity contribution >= 4 is 11.9 Å². The van der Waals surface area contributed by atoms with Crippen LogP contribution in [0, 0.1) is 0 Å². The van der Waals surface area contributed by atoms with E-state index in [0.717, 1.165) is 58.0 Å². The Morgan fingerprint density at radius 1 is 0.442 bits per heavy atom. The summed E-state index contributed by atoms with van der Waals surface area (Å²) in [5, 5.41) is 3.59. The van der Waals surface area contributed by atoms with Gasteiger partial charge in [0.15, 0.2) is 0 Å². The zero-order valence-corrected chi connectivity index (χ0v) is 36.2. The molecule has 0 aromatic rings. The molecule has 0 bridgehead atoms. The fourth-order valence-corrected chi connectivity index (χ4v) is 6.59. The number of hydrogen-bond donors (Lipinski definition) is 1. The molecule has 0 spiro atoms. The third-order valence-electron chi connectivity index (χ3n) is 10.2.